The number of carboxylic acids is 1. The second-order valence-corrected chi connectivity index (χ2v) is 5.47. The number of carboxylic acid groups (broad SMARTS) is 1. The van der Waals surface area contributed by atoms with Crippen molar-refractivity contribution in [2.24, 2.45) is 5.73 Å². The van der Waals surface area contributed by atoms with Crippen molar-refractivity contribution in [1.29, 1.82) is 0 Å². The number of hydrogen-bond donors (Lipinski definition) is 4. The van der Waals surface area contributed by atoms with Crippen LogP contribution in [0.15, 0.2) is 24.3 Å². The van der Waals surface area contributed by atoms with Gasteiger partial charge < -0.3 is 21.5 Å². The van der Waals surface area contributed by atoms with Gasteiger partial charge in [0.05, 0.1) is 0 Å². The van der Waals surface area contributed by atoms with Crippen molar-refractivity contribution in [2.75, 3.05) is 5.32 Å². The quantitative estimate of drug-likeness (QED) is 0.676. The van der Waals surface area contributed by atoms with E-state index < -0.39 is 23.4 Å². The van der Waals surface area contributed by atoms with Gasteiger partial charge in [-0.05, 0) is 31.0 Å². The molecule has 7 heteroatoms. The molecular formula is C15H19N3O4. The summed E-state index contributed by atoms with van der Waals surface area (Å²) in [5.41, 5.74) is 4.48. The minimum atomic E-state index is -1.21. The molecule has 22 heavy (non-hydrogen) atoms. The summed E-state index contributed by atoms with van der Waals surface area (Å²) < 4.78 is 0. The van der Waals surface area contributed by atoms with Crippen LogP contribution in [0.4, 0.5) is 10.5 Å². The first-order chi connectivity index (χ1) is 10.4. The van der Waals surface area contributed by atoms with Gasteiger partial charge in [-0.15, -0.1) is 0 Å². The van der Waals surface area contributed by atoms with Crippen molar-refractivity contribution in [2.45, 2.75) is 37.6 Å². The highest BCUT2D eigenvalue weighted by Gasteiger charge is 2.41. The topological polar surface area (TPSA) is 122 Å². The Morgan fingerprint density at radius 2 is 1.82 bits per heavy atom. The smallest absolute Gasteiger partial charge is 0.329 e. The Kier molecular flexibility index (Phi) is 4.65. The molecule has 0 aromatic heterocycles. The number of hydrogen-bond acceptors (Lipinski definition) is 3. The summed E-state index contributed by atoms with van der Waals surface area (Å²) in [7, 11) is 0. The molecule has 1 aliphatic carbocycles. The molecule has 0 spiro atoms. The molecule has 0 atom stereocenters. The predicted octanol–water partition coefficient (Wildman–Crippen LogP) is 1.69. The Bertz CT molecular complexity index is 594. The standard InChI is InChI=1S/C15H19N3O4/c16-14(22)17-11-6-4-5-10(9-11)12(19)18-15(13(20)21)7-2-1-3-8-15/h4-6,9H,1-3,7-8H2,(H,18,19)(H,20,21)(H3,16,17,22). The highest BCUT2D eigenvalue weighted by Crippen LogP contribution is 2.29. The lowest BCUT2D eigenvalue weighted by molar-refractivity contribution is -0.145. The molecule has 7 nitrogen and oxygen atoms in total. The van der Waals surface area contributed by atoms with E-state index in [4.69, 9.17) is 5.73 Å². The summed E-state index contributed by atoms with van der Waals surface area (Å²) in [6.07, 6.45) is 3.37. The zero-order valence-electron chi connectivity index (χ0n) is 12.1. The number of urea groups is 1. The molecule has 1 aliphatic rings. The van der Waals surface area contributed by atoms with Crippen LogP contribution < -0.4 is 16.4 Å². The van der Waals surface area contributed by atoms with Crippen molar-refractivity contribution in [3.8, 4) is 0 Å². The van der Waals surface area contributed by atoms with E-state index in [0.717, 1.165) is 19.3 Å². The third-order valence-corrected chi connectivity index (χ3v) is 3.86. The largest absolute Gasteiger partial charge is 0.480 e. The number of benzene rings is 1. The van der Waals surface area contributed by atoms with Crippen LogP contribution in [0.1, 0.15) is 42.5 Å². The summed E-state index contributed by atoms with van der Waals surface area (Å²) in [6, 6.07) is 5.47. The molecule has 1 aromatic carbocycles. The van der Waals surface area contributed by atoms with Gasteiger partial charge in [-0.2, -0.15) is 0 Å². The van der Waals surface area contributed by atoms with E-state index in [1.54, 1.807) is 18.2 Å². The molecule has 1 saturated carbocycles. The third kappa shape index (κ3) is 3.55. The number of primary amides is 1. The Labute approximate surface area is 127 Å². The maximum Gasteiger partial charge on any atom is 0.329 e. The molecule has 5 N–H and O–H groups in total. The van der Waals surface area contributed by atoms with Crippen molar-refractivity contribution in [1.82, 2.24) is 5.32 Å². The third-order valence-electron chi connectivity index (χ3n) is 3.86. The van der Waals surface area contributed by atoms with Crippen LogP contribution in [0.25, 0.3) is 0 Å². The number of nitrogens with two attached hydrogens (primary N) is 1. The fraction of sp³-hybridized carbons (Fsp3) is 0.400. The number of carbonyl (C=O) groups excluding carboxylic acids is 2. The average molecular weight is 305 g/mol. The Morgan fingerprint density at radius 3 is 2.41 bits per heavy atom. The number of carbonyl (C=O) groups is 3. The van der Waals surface area contributed by atoms with Crippen molar-refractivity contribution < 1.29 is 19.5 Å². The molecule has 3 amide bonds. The van der Waals surface area contributed by atoms with Crippen LogP contribution in [0.3, 0.4) is 0 Å². The first kappa shape index (κ1) is 15.8. The lowest BCUT2D eigenvalue weighted by Gasteiger charge is -2.34. The summed E-state index contributed by atoms with van der Waals surface area (Å²) in [6.45, 7) is 0. The molecular weight excluding hydrogens is 286 g/mol. The van der Waals surface area contributed by atoms with Crippen LogP contribution in [-0.4, -0.2) is 28.6 Å². The SMILES string of the molecule is NC(=O)Nc1cccc(C(=O)NC2(C(=O)O)CCCCC2)c1. The van der Waals surface area contributed by atoms with Gasteiger partial charge >= 0.3 is 12.0 Å². The van der Waals surface area contributed by atoms with E-state index in [-0.39, 0.29) is 5.56 Å². The average Bonchev–Trinajstić information content (AvgIpc) is 2.47. The fourth-order valence-electron chi connectivity index (χ4n) is 2.72. The molecule has 0 bridgehead atoms. The van der Waals surface area contributed by atoms with E-state index in [0.29, 0.717) is 18.5 Å². The fourth-order valence-corrected chi connectivity index (χ4v) is 2.72. The van der Waals surface area contributed by atoms with Crippen LogP contribution in [-0.2, 0) is 4.79 Å². The van der Waals surface area contributed by atoms with Crippen LogP contribution in [0.2, 0.25) is 0 Å². The highest BCUT2D eigenvalue weighted by atomic mass is 16.4. The van der Waals surface area contributed by atoms with Gasteiger partial charge in [-0.3, -0.25) is 4.79 Å². The predicted molar refractivity (Wildman–Crippen MR) is 80.6 cm³/mol. The van der Waals surface area contributed by atoms with E-state index in [9.17, 15) is 19.5 Å². The van der Waals surface area contributed by atoms with Crippen LogP contribution in [0, 0.1) is 0 Å². The van der Waals surface area contributed by atoms with Crippen molar-refractivity contribution in [3.63, 3.8) is 0 Å². The second kappa shape index (κ2) is 6.46. The Morgan fingerprint density at radius 1 is 1.14 bits per heavy atom. The normalized spacial score (nSPS) is 16.5. The van der Waals surface area contributed by atoms with Gasteiger partial charge in [0, 0.05) is 11.3 Å². The number of rotatable bonds is 4. The van der Waals surface area contributed by atoms with Crippen LogP contribution in [0.5, 0.6) is 0 Å². The molecule has 118 valence electrons. The zero-order valence-corrected chi connectivity index (χ0v) is 12.1. The minimum absolute atomic E-state index is 0.275. The first-order valence-corrected chi connectivity index (χ1v) is 7.15. The van der Waals surface area contributed by atoms with Crippen LogP contribution >= 0.6 is 0 Å². The van der Waals surface area contributed by atoms with E-state index in [1.807, 2.05) is 0 Å². The van der Waals surface area contributed by atoms with Gasteiger partial charge in [0.1, 0.15) is 5.54 Å². The summed E-state index contributed by atoms with van der Waals surface area (Å²) in [5, 5.41) is 14.5. The molecule has 1 fully saturated rings. The maximum atomic E-state index is 12.3. The van der Waals surface area contributed by atoms with Gasteiger partial charge in [0.2, 0.25) is 0 Å². The maximum absolute atomic E-state index is 12.3. The molecule has 1 aromatic rings. The lowest BCUT2D eigenvalue weighted by Crippen LogP contribution is -2.55. The minimum Gasteiger partial charge on any atom is -0.480 e. The van der Waals surface area contributed by atoms with E-state index >= 15 is 0 Å². The van der Waals surface area contributed by atoms with Gasteiger partial charge in [-0.1, -0.05) is 25.3 Å². The molecule has 0 heterocycles. The summed E-state index contributed by atoms with van der Waals surface area (Å²) >= 11 is 0. The Hall–Kier alpha value is -2.57. The summed E-state index contributed by atoms with van der Waals surface area (Å²) in [5.74, 6) is -1.48. The number of amides is 3. The van der Waals surface area contributed by atoms with Gasteiger partial charge in [0.25, 0.3) is 5.91 Å². The van der Waals surface area contributed by atoms with E-state index in [2.05, 4.69) is 10.6 Å². The Balaban J connectivity index is 2.17. The molecule has 0 aliphatic heterocycles. The molecule has 2 rings (SSSR count). The monoisotopic (exact) mass is 305 g/mol. The zero-order chi connectivity index (χ0) is 16.2. The highest BCUT2D eigenvalue weighted by molar-refractivity contribution is 5.99. The molecule has 0 unspecified atom stereocenters. The summed E-state index contributed by atoms with van der Waals surface area (Å²) in [4.78, 5) is 34.7. The van der Waals surface area contributed by atoms with Crippen molar-refractivity contribution >= 4 is 23.6 Å². The molecule has 0 radical (unpaired) electrons. The van der Waals surface area contributed by atoms with E-state index in [1.165, 1.54) is 6.07 Å². The second-order valence-electron chi connectivity index (χ2n) is 5.47. The molecule has 0 saturated heterocycles. The van der Waals surface area contributed by atoms with Crippen molar-refractivity contribution in [3.05, 3.63) is 29.8 Å². The lowest BCUT2D eigenvalue weighted by atomic mass is 9.81. The number of nitrogens with one attached hydrogen (secondary N) is 2. The number of anilines is 1. The van der Waals surface area contributed by atoms with Gasteiger partial charge in [0.15, 0.2) is 0 Å². The van der Waals surface area contributed by atoms with Gasteiger partial charge in [-0.25, -0.2) is 9.59 Å². The number of aliphatic carboxylic acids is 1. The first-order valence-electron chi connectivity index (χ1n) is 7.15.